The molecule has 1 fully saturated rings. The van der Waals surface area contributed by atoms with Gasteiger partial charge in [-0.1, -0.05) is 161 Å². The Bertz CT molecular complexity index is 1630. The fraction of sp³-hybridized carbons (Fsp3) is 0.647. The van der Waals surface area contributed by atoms with Crippen LogP contribution in [0.1, 0.15) is 175 Å². The Morgan fingerprint density at radius 3 is 0.684 bits per heavy atom. The summed E-state index contributed by atoms with van der Waals surface area (Å²) in [7, 11) is 0. The molecule has 1 saturated heterocycles. The molecule has 0 radical (unpaired) electrons. The first-order valence-electron chi connectivity index (χ1n) is 21.7. The number of nitrogen functional groups attached to an aromatic ring is 3. The number of anilines is 3. The van der Waals surface area contributed by atoms with Crippen LogP contribution in [0.15, 0.2) is 36.4 Å². The molecule has 6 nitrogen and oxygen atoms in total. The highest BCUT2D eigenvalue weighted by Gasteiger charge is 2.29. The van der Waals surface area contributed by atoms with Crippen LogP contribution in [0.2, 0.25) is 0 Å². The van der Waals surface area contributed by atoms with E-state index in [9.17, 15) is 0 Å². The summed E-state index contributed by atoms with van der Waals surface area (Å²) in [6.45, 7) is 49.4. The zero-order valence-corrected chi connectivity index (χ0v) is 39.9. The van der Waals surface area contributed by atoms with Crippen molar-refractivity contribution in [1.82, 2.24) is 14.7 Å². The SMILES string of the molecule is CC(C)(C)c1cc(CN2CCN(Cc3cc(C(C)(C)C)cc(C(C)(C)C)c3N)CCN(Cc3cc(C(C)(C)C)cc(C(C)(C)C)c3N)CC2)c(N)c(C(C)(C)C)c1. The standard InChI is InChI=1S/C51H84N6/c1-46(2,3)37-25-34(43(52)40(28-37)49(10,11)12)31-55-19-21-56(32-35-26-38(47(4,5)6)29-41(44(35)53)50(13,14)15)23-24-57(22-20-55)33-36-27-39(48(7,8)9)30-42(45(36)54)51(16,17)18/h25-30H,19-24,31-33,52-54H2,1-18H3. The fourth-order valence-corrected chi connectivity index (χ4v) is 8.07. The average Bonchev–Trinajstić information content (AvgIpc) is 3.11. The van der Waals surface area contributed by atoms with Crippen LogP contribution in [0.25, 0.3) is 0 Å². The molecule has 3 aromatic rings. The predicted molar refractivity (Wildman–Crippen MR) is 251 cm³/mol. The second-order valence-corrected chi connectivity index (χ2v) is 23.6. The van der Waals surface area contributed by atoms with Gasteiger partial charge in [-0.05, 0) is 82.6 Å². The van der Waals surface area contributed by atoms with Gasteiger partial charge in [-0.2, -0.15) is 0 Å². The van der Waals surface area contributed by atoms with Crippen molar-refractivity contribution in [1.29, 1.82) is 0 Å². The van der Waals surface area contributed by atoms with Gasteiger partial charge in [0.1, 0.15) is 0 Å². The molecule has 4 rings (SSSR count). The first-order chi connectivity index (χ1) is 25.8. The molecule has 0 unspecified atom stereocenters. The van der Waals surface area contributed by atoms with Gasteiger partial charge in [-0.15, -0.1) is 0 Å². The third-order valence-corrected chi connectivity index (χ3v) is 12.2. The largest absolute Gasteiger partial charge is 0.398 e. The van der Waals surface area contributed by atoms with E-state index in [1.807, 2.05) is 0 Å². The summed E-state index contributed by atoms with van der Waals surface area (Å²) >= 11 is 0. The highest BCUT2D eigenvalue weighted by Crippen LogP contribution is 2.39. The number of hydrogen-bond donors (Lipinski definition) is 3. The molecule has 0 aliphatic carbocycles. The van der Waals surface area contributed by atoms with Gasteiger partial charge >= 0.3 is 0 Å². The minimum atomic E-state index is -0.0533. The molecule has 0 aromatic heterocycles. The molecule has 0 bridgehead atoms. The summed E-state index contributed by atoms with van der Waals surface area (Å²) in [5.41, 5.74) is 35.5. The lowest BCUT2D eigenvalue weighted by molar-refractivity contribution is 0.209. The molecule has 0 amide bonds. The molecule has 3 aromatic carbocycles. The lowest BCUT2D eigenvalue weighted by atomic mass is 9.78. The van der Waals surface area contributed by atoms with Gasteiger partial charge < -0.3 is 17.2 Å². The van der Waals surface area contributed by atoms with E-state index in [1.165, 1.54) is 50.1 Å². The molecule has 318 valence electrons. The number of hydrogen-bond acceptors (Lipinski definition) is 6. The van der Waals surface area contributed by atoms with Crippen LogP contribution in [0.4, 0.5) is 17.1 Å². The Balaban J connectivity index is 1.80. The van der Waals surface area contributed by atoms with Gasteiger partial charge in [0, 0.05) is 76.0 Å². The zero-order valence-electron chi connectivity index (χ0n) is 39.9. The topological polar surface area (TPSA) is 87.8 Å². The minimum Gasteiger partial charge on any atom is -0.398 e. The summed E-state index contributed by atoms with van der Waals surface area (Å²) in [4.78, 5) is 7.92. The van der Waals surface area contributed by atoms with Crippen molar-refractivity contribution in [2.75, 3.05) is 56.5 Å². The van der Waals surface area contributed by atoms with E-state index in [2.05, 4.69) is 176 Å². The van der Waals surface area contributed by atoms with Crippen LogP contribution in [-0.2, 0) is 52.1 Å². The van der Waals surface area contributed by atoms with Crippen LogP contribution in [-0.4, -0.2) is 54.0 Å². The number of nitrogens with zero attached hydrogens (tertiary/aromatic N) is 3. The second-order valence-electron chi connectivity index (χ2n) is 23.6. The molecular formula is C51H84N6. The number of benzene rings is 3. The van der Waals surface area contributed by atoms with Crippen molar-refractivity contribution in [2.24, 2.45) is 0 Å². The third-order valence-electron chi connectivity index (χ3n) is 12.2. The van der Waals surface area contributed by atoms with E-state index in [1.54, 1.807) is 0 Å². The highest BCUT2D eigenvalue weighted by molar-refractivity contribution is 5.61. The Labute approximate surface area is 350 Å². The Morgan fingerprint density at radius 2 is 0.526 bits per heavy atom. The first-order valence-corrected chi connectivity index (χ1v) is 21.7. The molecule has 1 heterocycles. The molecule has 0 saturated carbocycles. The maximum atomic E-state index is 7.11. The maximum absolute atomic E-state index is 7.11. The predicted octanol–water partition coefficient (Wildman–Crippen LogP) is 11.0. The summed E-state index contributed by atoms with van der Waals surface area (Å²) in [6, 6.07) is 14.2. The van der Waals surface area contributed by atoms with Crippen molar-refractivity contribution < 1.29 is 0 Å². The van der Waals surface area contributed by atoms with Gasteiger partial charge in [-0.25, -0.2) is 0 Å². The van der Waals surface area contributed by atoms with E-state index in [0.717, 1.165) is 76.0 Å². The maximum Gasteiger partial charge on any atom is 0.0397 e. The van der Waals surface area contributed by atoms with Crippen LogP contribution >= 0.6 is 0 Å². The normalized spacial score (nSPS) is 16.7. The molecule has 6 N–H and O–H groups in total. The molecule has 57 heavy (non-hydrogen) atoms. The lowest BCUT2D eigenvalue weighted by Crippen LogP contribution is -2.36. The van der Waals surface area contributed by atoms with E-state index >= 15 is 0 Å². The van der Waals surface area contributed by atoms with E-state index < -0.39 is 0 Å². The van der Waals surface area contributed by atoms with Crippen molar-refractivity contribution in [3.05, 3.63) is 86.5 Å². The van der Waals surface area contributed by atoms with E-state index in [4.69, 9.17) is 17.2 Å². The molecule has 1 aliphatic heterocycles. The molecule has 0 atom stereocenters. The van der Waals surface area contributed by atoms with Gasteiger partial charge in [0.05, 0.1) is 0 Å². The van der Waals surface area contributed by atoms with Crippen LogP contribution in [0.5, 0.6) is 0 Å². The van der Waals surface area contributed by atoms with Crippen molar-refractivity contribution in [3.8, 4) is 0 Å². The molecule has 1 aliphatic rings. The lowest BCUT2D eigenvalue weighted by Gasteiger charge is -2.31. The monoisotopic (exact) mass is 781 g/mol. The van der Waals surface area contributed by atoms with Crippen molar-refractivity contribution in [2.45, 2.75) is 177 Å². The Hall–Kier alpha value is -3.06. The minimum absolute atomic E-state index is 0.0185. The molecule has 0 spiro atoms. The zero-order chi connectivity index (χ0) is 43.3. The van der Waals surface area contributed by atoms with E-state index in [-0.39, 0.29) is 32.5 Å². The third kappa shape index (κ3) is 11.8. The smallest absolute Gasteiger partial charge is 0.0397 e. The fourth-order valence-electron chi connectivity index (χ4n) is 8.07. The number of rotatable bonds is 6. The quantitative estimate of drug-likeness (QED) is 0.216. The summed E-state index contributed by atoms with van der Waals surface area (Å²) in [5, 5.41) is 0. The van der Waals surface area contributed by atoms with Crippen molar-refractivity contribution >= 4 is 17.1 Å². The van der Waals surface area contributed by atoms with Gasteiger partial charge in [0.25, 0.3) is 0 Å². The average molecular weight is 781 g/mol. The first kappa shape index (κ1) is 46.6. The Kier molecular flexibility index (Phi) is 13.5. The van der Waals surface area contributed by atoms with Gasteiger partial charge in [-0.3, -0.25) is 14.7 Å². The van der Waals surface area contributed by atoms with Crippen LogP contribution in [0, 0.1) is 0 Å². The van der Waals surface area contributed by atoms with Crippen molar-refractivity contribution in [3.63, 3.8) is 0 Å². The summed E-state index contributed by atoms with van der Waals surface area (Å²) < 4.78 is 0. The summed E-state index contributed by atoms with van der Waals surface area (Å²) in [6.07, 6.45) is 0. The van der Waals surface area contributed by atoms with E-state index in [0.29, 0.717) is 0 Å². The van der Waals surface area contributed by atoms with Crippen LogP contribution < -0.4 is 17.2 Å². The van der Waals surface area contributed by atoms with Gasteiger partial charge in [0.15, 0.2) is 0 Å². The summed E-state index contributed by atoms with van der Waals surface area (Å²) in [5.74, 6) is 0. The van der Waals surface area contributed by atoms with Crippen LogP contribution in [0.3, 0.4) is 0 Å². The molecular weight excluding hydrogens is 697 g/mol. The highest BCUT2D eigenvalue weighted by atomic mass is 15.3. The second kappa shape index (κ2) is 16.5. The Morgan fingerprint density at radius 1 is 0.333 bits per heavy atom. The number of nitrogens with two attached hydrogens (primary N) is 3. The molecule has 6 heteroatoms. The van der Waals surface area contributed by atoms with Gasteiger partial charge in [0.2, 0.25) is 0 Å².